The second-order valence-electron chi connectivity index (χ2n) is 4.79. The summed E-state index contributed by atoms with van der Waals surface area (Å²) in [4.78, 5) is 32.0. The highest BCUT2D eigenvalue weighted by atomic mass is 16.2. The molecule has 3 heterocycles. The molecule has 5 heteroatoms. The van der Waals surface area contributed by atoms with Crippen molar-refractivity contribution in [3.63, 3.8) is 0 Å². The second kappa shape index (κ2) is 4.08. The molecule has 18 heavy (non-hydrogen) atoms. The molecule has 2 unspecified atom stereocenters. The summed E-state index contributed by atoms with van der Waals surface area (Å²) in [5.41, 5.74) is 0.704. The van der Waals surface area contributed by atoms with Gasteiger partial charge in [0.05, 0.1) is 11.9 Å². The molecule has 0 N–H and O–H groups in total. The molecule has 0 saturated carbocycles. The van der Waals surface area contributed by atoms with Crippen LogP contribution in [0.25, 0.3) is 0 Å². The van der Waals surface area contributed by atoms with E-state index in [1.54, 1.807) is 35.2 Å². The maximum absolute atomic E-state index is 12.5. The Morgan fingerprint density at radius 3 is 2.89 bits per heavy atom. The van der Waals surface area contributed by atoms with Gasteiger partial charge in [-0.2, -0.15) is 0 Å². The number of hydrogen-bond donors (Lipinski definition) is 0. The van der Waals surface area contributed by atoms with Crippen molar-refractivity contribution in [1.82, 2.24) is 9.88 Å². The van der Waals surface area contributed by atoms with Gasteiger partial charge in [-0.25, -0.2) is 0 Å². The van der Waals surface area contributed by atoms with Crippen molar-refractivity contribution < 1.29 is 9.59 Å². The van der Waals surface area contributed by atoms with E-state index >= 15 is 0 Å². The summed E-state index contributed by atoms with van der Waals surface area (Å²) in [5.74, 6) is 0.0635. The lowest BCUT2D eigenvalue weighted by Gasteiger charge is -2.40. The number of rotatable bonds is 1. The smallest absolute Gasteiger partial charge is 0.250 e. The molecule has 0 aliphatic carbocycles. The molecule has 1 aromatic heterocycles. The van der Waals surface area contributed by atoms with Crippen molar-refractivity contribution in [2.75, 3.05) is 11.4 Å². The first-order chi connectivity index (χ1) is 8.70. The lowest BCUT2D eigenvalue weighted by molar-refractivity contribution is -0.143. The Labute approximate surface area is 105 Å². The van der Waals surface area contributed by atoms with Gasteiger partial charge >= 0.3 is 0 Å². The molecule has 2 atom stereocenters. The topological polar surface area (TPSA) is 53.5 Å². The zero-order chi connectivity index (χ0) is 12.7. The summed E-state index contributed by atoms with van der Waals surface area (Å²) in [6, 6.07) is 2.89. The number of anilines is 1. The van der Waals surface area contributed by atoms with Crippen LogP contribution in [0.5, 0.6) is 0 Å². The van der Waals surface area contributed by atoms with Crippen LogP contribution in [0.2, 0.25) is 0 Å². The summed E-state index contributed by atoms with van der Waals surface area (Å²) in [5, 5.41) is 0. The van der Waals surface area contributed by atoms with E-state index in [9.17, 15) is 9.59 Å². The first-order valence-electron chi connectivity index (χ1n) is 6.24. The number of pyridine rings is 1. The molecule has 3 rings (SSSR count). The molecular weight excluding hydrogens is 230 g/mol. The predicted molar refractivity (Wildman–Crippen MR) is 65.9 cm³/mol. The Hall–Kier alpha value is -1.91. The maximum Gasteiger partial charge on any atom is 0.250 e. The average Bonchev–Trinajstić information content (AvgIpc) is 2.87. The largest absolute Gasteiger partial charge is 0.329 e. The molecule has 2 saturated heterocycles. The van der Waals surface area contributed by atoms with Gasteiger partial charge in [0.1, 0.15) is 12.1 Å². The molecule has 2 aliphatic heterocycles. The van der Waals surface area contributed by atoms with E-state index in [0.29, 0.717) is 12.2 Å². The highest BCUT2D eigenvalue weighted by Crippen LogP contribution is 2.29. The van der Waals surface area contributed by atoms with Gasteiger partial charge in [-0.3, -0.25) is 19.5 Å². The molecule has 5 nitrogen and oxygen atoms in total. The third-order valence-electron chi connectivity index (χ3n) is 3.73. The molecule has 0 bridgehead atoms. The van der Waals surface area contributed by atoms with Crippen LogP contribution in [0.4, 0.5) is 5.69 Å². The minimum atomic E-state index is -0.434. The number of hydrogen-bond acceptors (Lipinski definition) is 3. The van der Waals surface area contributed by atoms with Crippen LogP contribution in [-0.2, 0) is 9.59 Å². The van der Waals surface area contributed by atoms with Crippen molar-refractivity contribution in [2.24, 2.45) is 0 Å². The first kappa shape index (κ1) is 11.2. The van der Waals surface area contributed by atoms with Crippen LogP contribution in [-0.4, -0.2) is 40.3 Å². The fourth-order valence-corrected chi connectivity index (χ4v) is 2.84. The third-order valence-corrected chi connectivity index (χ3v) is 3.73. The Morgan fingerprint density at radius 2 is 2.17 bits per heavy atom. The van der Waals surface area contributed by atoms with Crippen molar-refractivity contribution in [3.8, 4) is 0 Å². The van der Waals surface area contributed by atoms with E-state index in [1.807, 2.05) is 6.07 Å². The molecule has 1 aromatic rings. The van der Waals surface area contributed by atoms with Crippen molar-refractivity contribution in [1.29, 1.82) is 0 Å². The highest BCUT2D eigenvalue weighted by molar-refractivity contribution is 6.08. The van der Waals surface area contributed by atoms with Gasteiger partial charge in [0, 0.05) is 12.7 Å². The summed E-state index contributed by atoms with van der Waals surface area (Å²) in [7, 11) is 0. The minimum absolute atomic E-state index is 0.0209. The van der Waals surface area contributed by atoms with E-state index in [4.69, 9.17) is 0 Å². The SMILES string of the molecule is CC1C(=O)N2CCCC2C(=O)N1c1cccnc1. The second-order valence-corrected chi connectivity index (χ2v) is 4.79. The first-order valence-corrected chi connectivity index (χ1v) is 6.24. The number of fused-ring (bicyclic) bond motifs is 1. The fraction of sp³-hybridized carbons (Fsp3) is 0.462. The number of aromatic nitrogens is 1. The lowest BCUT2D eigenvalue weighted by Crippen LogP contribution is -2.62. The van der Waals surface area contributed by atoms with Gasteiger partial charge < -0.3 is 4.90 Å². The zero-order valence-corrected chi connectivity index (χ0v) is 10.2. The Balaban J connectivity index is 1.99. The van der Waals surface area contributed by atoms with E-state index in [-0.39, 0.29) is 17.9 Å². The van der Waals surface area contributed by atoms with Crippen LogP contribution in [0.1, 0.15) is 19.8 Å². The van der Waals surface area contributed by atoms with E-state index < -0.39 is 6.04 Å². The fourth-order valence-electron chi connectivity index (χ4n) is 2.84. The van der Waals surface area contributed by atoms with Crippen LogP contribution in [0.3, 0.4) is 0 Å². The van der Waals surface area contributed by atoms with Crippen molar-refractivity contribution >= 4 is 17.5 Å². The molecule has 2 fully saturated rings. The van der Waals surface area contributed by atoms with Gasteiger partial charge in [-0.1, -0.05) is 0 Å². The number of piperazine rings is 1. The molecule has 94 valence electrons. The molecule has 2 aliphatic rings. The quantitative estimate of drug-likeness (QED) is 0.735. The van der Waals surface area contributed by atoms with Gasteiger partial charge in [0.15, 0.2) is 0 Å². The van der Waals surface area contributed by atoms with E-state index in [0.717, 1.165) is 12.8 Å². The van der Waals surface area contributed by atoms with Crippen LogP contribution < -0.4 is 4.90 Å². The molecular formula is C13H15N3O2. The Morgan fingerprint density at radius 1 is 1.33 bits per heavy atom. The zero-order valence-electron chi connectivity index (χ0n) is 10.2. The van der Waals surface area contributed by atoms with Gasteiger partial charge in [0.2, 0.25) is 5.91 Å². The lowest BCUT2D eigenvalue weighted by atomic mass is 10.1. The molecule has 2 amide bonds. The van der Waals surface area contributed by atoms with E-state index in [1.165, 1.54) is 0 Å². The van der Waals surface area contributed by atoms with Crippen LogP contribution >= 0.6 is 0 Å². The highest BCUT2D eigenvalue weighted by Gasteiger charge is 2.46. The average molecular weight is 245 g/mol. The van der Waals surface area contributed by atoms with Gasteiger partial charge in [0.25, 0.3) is 5.91 Å². The third kappa shape index (κ3) is 1.50. The summed E-state index contributed by atoms with van der Waals surface area (Å²) < 4.78 is 0. The minimum Gasteiger partial charge on any atom is -0.329 e. The monoisotopic (exact) mass is 245 g/mol. The molecule has 0 spiro atoms. The summed E-state index contributed by atoms with van der Waals surface area (Å²) >= 11 is 0. The van der Waals surface area contributed by atoms with Gasteiger partial charge in [-0.05, 0) is 31.9 Å². The maximum atomic E-state index is 12.5. The number of amides is 2. The van der Waals surface area contributed by atoms with Crippen LogP contribution in [0, 0.1) is 0 Å². The number of carbonyl (C=O) groups is 2. The molecule has 0 aromatic carbocycles. The standard InChI is InChI=1S/C13H15N3O2/c1-9-12(17)15-7-3-5-11(15)13(18)16(9)10-4-2-6-14-8-10/h2,4,6,8-9,11H,3,5,7H2,1H3. The van der Waals surface area contributed by atoms with Crippen molar-refractivity contribution in [2.45, 2.75) is 31.8 Å². The Kier molecular flexibility index (Phi) is 2.54. The molecule has 0 radical (unpaired) electrons. The normalized spacial score (nSPS) is 27.6. The van der Waals surface area contributed by atoms with Crippen LogP contribution in [0.15, 0.2) is 24.5 Å². The number of carbonyl (C=O) groups excluding carboxylic acids is 2. The summed E-state index contributed by atoms with van der Waals surface area (Å²) in [6.07, 6.45) is 4.97. The Bertz CT molecular complexity index is 488. The van der Waals surface area contributed by atoms with E-state index in [2.05, 4.69) is 4.98 Å². The number of nitrogens with zero attached hydrogens (tertiary/aromatic N) is 3. The summed E-state index contributed by atoms with van der Waals surface area (Å²) in [6.45, 7) is 2.49. The van der Waals surface area contributed by atoms with Crippen molar-refractivity contribution in [3.05, 3.63) is 24.5 Å². The predicted octanol–water partition coefficient (Wildman–Crippen LogP) is 0.808. The van der Waals surface area contributed by atoms with Gasteiger partial charge in [-0.15, -0.1) is 0 Å².